The summed E-state index contributed by atoms with van der Waals surface area (Å²) >= 11 is 0. The molecule has 0 aliphatic carbocycles. The van der Waals surface area contributed by atoms with E-state index in [9.17, 15) is 33.6 Å². The molecule has 506 valence electrons. The Morgan fingerprint density at radius 1 is 0.242 bits per heavy atom. The van der Waals surface area contributed by atoms with E-state index in [0.29, 0.717) is 32.0 Å². The highest BCUT2D eigenvalue weighted by Gasteiger charge is 2.06. The van der Waals surface area contributed by atoms with Crippen LogP contribution in [0.5, 0.6) is 0 Å². The Balaban J connectivity index is -0.000000127. The fourth-order valence-corrected chi connectivity index (χ4v) is 6.53. The van der Waals surface area contributed by atoms with Gasteiger partial charge in [0.25, 0.3) is 0 Å². The first-order chi connectivity index (χ1) is 46.4. The van der Waals surface area contributed by atoms with Gasteiger partial charge in [-0.25, -0.2) is 0 Å². The molecule has 0 aliphatic heterocycles. The molecule has 0 aromatic heterocycles. The Bertz CT molecular complexity index is 2700. The van der Waals surface area contributed by atoms with Crippen LogP contribution >= 0.6 is 0 Å². The first kappa shape index (κ1) is 104. The highest BCUT2D eigenvalue weighted by atomic mass is 16.3. The van der Waals surface area contributed by atoms with Crippen LogP contribution in [-0.2, 0) is 33.6 Å². The molecule has 2 N–H and O–H groups in total. The minimum atomic E-state index is 0.237. The molecule has 0 spiro atoms. The quantitative estimate of drug-likeness (QED) is 0.0348. The molecule has 5 atom stereocenters. The molecule has 0 rings (SSSR count). The number of hydrogen-bond acceptors (Lipinski definition) is 9. The molecule has 0 fully saturated rings. The lowest BCUT2D eigenvalue weighted by Gasteiger charge is -2.08. The first-order valence-electron chi connectivity index (χ1n) is 33.0. The zero-order valence-electron chi connectivity index (χ0n) is 58.8. The molecule has 0 saturated heterocycles. The topological polar surface area (TPSA) is 160 Å². The van der Waals surface area contributed by atoms with Gasteiger partial charge in [0, 0.05) is 55.6 Å². The van der Waals surface area contributed by atoms with Crippen LogP contribution in [0, 0.1) is 234 Å². The largest absolute Gasteiger partial charge is 0.396 e. The number of unbranched alkanes of at least 4 members (excludes halogenated alkanes) is 14. The third-order valence-electron chi connectivity index (χ3n) is 12.3. The van der Waals surface area contributed by atoms with Crippen molar-refractivity contribution in [1.82, 2.24) is 0 Å². The van der Waals surface area contributed by atoms with Crippen LogP contribution in [0.1, 0.15) is 248 Å². The third kappa shape index (κ3) is 122. The third-order valence-corrected chi connectivity index (χ3v) is 12.3. The van der Waals surface area contributed by atoms with Gasteiger partial charge in [-0.2, -0.15) is 0 Å². The SMILES string of the molecule is C#CC#CC#CC#CC#C.C#CC#CC#CC#CC#C.C#CC#CC#CC#CC#CC#CC#C.CCC(C=O)CCCCCC=O.CCC(C=O)CCCCCCC(C=O)CC.CCC(C=O)CCCCCCO.CCCC=O.CCCCC(C=O)CC.CCCCCCO. The molecular weight excluding hydrogens is 1180 g/mol. The van der Waals surface area contributed by atoms with Gasteiger partial charge in [-0.1, -0.05) is 145 Å². The Kier molecular flexibility index (Phi) is 122. The van der Waals surface area contributed by atoms with Crippen molar-refractivity contribution in [1.29, 1.82) is 0 Å². The number of terminal acetylenes is 6. The minimum Gasteiger partial charge on any atom is -0.396 e. The molecule has 9 nitrogen and oxygen atoms in total. The molecule has 0 radical (unpaired) electrons. The standard InChI is InChI=1S/C14H26O2.C14H2.C10H20O2.C10H18O2.2C10H2.C8H16O.C6H14O.C4H8O/c1-3-13(11-15)9-7-5-6-8-10-14(4-2)12-16;1-3-5-7-9-11-13-14-12-10-8-6-4-2;2*1-2-10(9-12)7-5-3-4-6-8-11;2*1-3-5-7-9-10-8-6-4-2;1-3-5-6-8(4-2)7-9;1-2-3-4-5-6-7;1-2-3-4-5/h11-14H,3-10H2,1-2H3;1-2H;9-11H,2-8H2,1H3;8-10H,2-7H2,1H3;2*1-2H;7-8H,3-6H2,1-2H3;7H,2-6H2,1H3;4H,2-3H2,1H3. The average molecular weight is 1290 g/mol. The summed E-state index contributed by atoms with van der Waals surface area (Å²) in [6.07, 6.45) is 67.6. The van der Waals surface area contributed by atoms with Crippen LogP contribution in [0.4, 0.5) is 0 Å². The fourth-order valence-electron chi connectivity index (χ4n) is 6.53. The van der Waals surface area contributed by atoms with Gasteiger partial charge in [0.2, 0.25) is 0 Å². The van der Waals surface area contributed by atoms with Crippen molar-refractivity contribution in [2.75, 3.05) is 13.2 Å². The lowest BCUT2D eigenvalue weighted by atomic mass is 9.97. The second-order valence-corrected chi connectivity index (χ2v) is 19.7. The van der Waals surface area contributed by atoms with E-state index in [2.05, 4.69) is 200 Å². The maximum atomic E-state index is 10.6. The number of hydrogen-bond donors (Lipinski definition) is 2. The molecule has 0 aromatic carbocycles. The summed E-state index contributed by atoms with van der Waals surface area (Å²) in [6.45, 7) is 17.2. The molecule has 5 unspecified atom stereocenters. The highest BCUT2D eigenvalue weighted by Crippen LogP contribution is 2.16. The number of carbonyl (C=O) groups is 7. The zero-order valence-corrected chi connectivity index (χ0v) is 58.8. The summed E-state index contributed by atoms with van der Waals surface area (Å²) in [7, 11) is 0. The van der Waals surface area contributed by atoms with Crippen molar-refractivity contribution in [3.8, 4) is 204 Å². The number of rotatable bonds is 38. The minimum absolute atomic E-state index is 0.237. The van der Waals surface area contributed by atoms with Gasteiger partial charge in [0.1, 0.15) is 44.0 Å². The van der Waals surface area contributed by atoms with Gasteiger partial charge >= 0.3 is 0 Å². The van der Waals surface area contributed by atoms with Gasteiger partial charge < -0.3 is 43.8 Å². The van der Waals surface area contributed by atoms with E-state index in [0.717, 1.165) is 179 Å². The van der Waals surface area contributed by atoms with Crippen molar-refractivity contribution < 1.29 is 43.8 Å². The normalized spacial score (nSPS) is 9.18. The molecule has 95 heavy (non-hydrogen) atoms. The lowest BCUT2D eigenvalue weighted by molar-refractivity contribution is -0.112. The summed E-state index contributed by atoms with van der Waals surface area (Å²) in [5, 5.41) is 16.8. The van der Waals surface area contributed by atoms with Gasteiger partial charge in [-0.3, -0.25) is 0 Å². The molecule has 0 heterocycles. The molecule has 0 aliphatic rings. The number of carbonyl (C=O) groups excluding carboxylic acids is 7. The van der Waals surface area contributed by atoms with Gasteiger partial charge in [-0.05, 0) is 256 Å². The van der Waals surface area contributed by atoms with Crippen LogP contribution in [0.15, 0.2) is 0 Å². The predicted molar refractivity (Wildman–Crippen MR) is 397 cm³/mol. The lowest BCUT2D eigenvalue weighted by Crippen LogP contribution is -2.01. The van der Waals surface area contributed by atoms with E-state index in [1.165, 1.54) is 44.9 Å². The summed E-state index contributed by atoms with van der Waals surface area (Å²) in [5.41, 5.74) is 0. The van der Waals surface area contributed by atoms with Crippen molar-refractivity contribution in [2.45, 2.75) is 248 Å². The Hall–Kier alpha value is -9.87. The van der Waals surface area contributed by atoms with Crippen molar-refractivity contribution in [3.05, 3.63) is 0 Å². The summed E-state index contributed by atoms with van der Waals surface area (Å²) < 4.78 is 0. The fraction of sp³-hybridized carbons (Fsp3) is 0.523. The maximum absolute atomic E-state index is 10.6. The Morgan fingerprint density at radius 2 is 0.442 bits per heavy atom. The second kappa shape index (κ2) is 112. The average Bonchev–Trinajstić information content (AvgIpc) is 3.69. The molecule has 0 bridgehead atoms. The van der Waals surface area contributed by atoms with E-state index in [1.54, 1.807) is 0 Å². The molecular formula is C86H108O9. The first-order valence-corrected chi connectivity index (χ1v) is 33.0. The molecule has 9 heteroatoms. The zero-order chi connectivity index (χ0) is 73.3. The van der Waals surface area contributed by atoms with Crippen LogP contribution in [0.25, 0.3) is 0 Å². The van der Waals surface area contributed by atoms with E-state index in [4.69, 9.17) is 48.8 Å². The van der Waals surface area contributed by atoms with E-state index < -0.39 is 0 Å². The predicted octanol–water partition coefficient (Wildman–Crippen LogP) is 14.0. The Labute approximate surface area is 580 Å². The molecule has 0 saturated carbocycles. The molecule has 0 aromatic rings. The molecule has 0 amide bonds. The van der Waals surface area contributed by atoms with E-state index in [1.807, 2.05) is 20.8 Å². The maximum Gasteiger partial charge on any atom is 0.123 e. The van der Waals surface area contributed by atoms with E-state index >= 15 is 0 Å². The van der Waals surface area contributed by atoms with Crippen LogP contribution in [0.3, 0.4) is 0 Å². The number of aldehydes is 7. The van der Waals surface area contributed by atoms with E-state index in [-0.39, 0.29) is 23.7 Å². The smallest absolute Gasteiger partial charge is 0.123 e. The monoisotopic (exact) mass is 1280 g/mol. The highest BCUT2D eigenvalue weighted by molar-refractivity contribution is 5.55. The van der Waals surface area contributed by atoms with Crippen molar-refractivity contribution in [2.24, 2.45) is 29.6 Å². The summed E-state index contributed by atoms with van der Waals surface area (Å²) in [4.78, 5) is 71.6. The number of aliphatic hydroxyl groups is 2. The summed E-state index contributed by atoms with van der Waals surface area (Å²) in [6, 6.07) is 0. The van der Waals surface area contributed by atoms with Gasteiger partial charge in [-0.15, -0.1) is 38.5 Å². The van der Waals surface area contributed by atoms with Crippen LogP contribution < -0.4 is 0 Å². The van der Waals surface area contributed by atoms with Crippen LogP contribution in [-0.4, -0.2) is 67.4 Å². The second-order valence-electron chi connectivity index (χ2n) is 19.7. The number of aliphatic hydroxyl groups excluding tert-OH is 2. The van der Waals surface area contributed by atoms with Crippen molar-refractivity contribution in [3.63, 3.8) is 0 Å². The summed E-state index contributed by atoms with van der Waals surface area (Å²) in [5.74, 6) is 66.4. The Morgan fingerprint density at radius 3 is 0.611 bits per heavy atom. The van der Waals surface area contributed by atoms with Gasteiger partial charge in [0.15, 0.2) is 0 Å². The van der Waals surface area contributed by atoms with Crippen LogP contribution in [0.2, 0.25) is 0 Å². The van der Waals surface area contributed by atoms with Crippen molar-refractivity contribution >= 4 is 44.0 Å². The van der Waals surface area contributed by atoms with Gasteiger partial charge in [0.05, 0.1) is 0 Å².